The Labute approximate surface area is 97.7 Å². The lowest BCUT2D eigenvalue weighted by Gasteiger charge is -2.14. The summed E-state index contributed by atoms with van der Waals surface area (Å²) >= 11 is 1.66. The van der Waals surface area contributed by atoms with E-state index in [1.165, 1.54) is 10.6 Å². The van der Waals surface area contributed by atoms with Crippen molar-refractivity contribution in [3.05, 3.63) is 40.1 Å². The SMILES string of the molecule is O=C1CCCc2c1ccn2Cc1cncs1. The van der Waals surface area contributed by atoms with Crippen LogP contribution >= 0.6 is 11.3 Å². The van der Waals surface area contributed by atoms with Gasteiger partial charge in [-0.05, 0) is 18.9 Å². The molecule has 82 valence electrons. The molecule has 0 aromatic carbocycles. The summed E-state index contributed by atoms with van der Waals surface area (Å²) in [6, 6.07) is 1.96. The maximum atomic E-state index is 11.7. The number of hydrogen-bond acceptors (Lipinski definition) is 3. The first-order valence-electron chi connectivity index (χ1n) is 5.43. The van der Waals surface area contributed by atoms with E-state index in [0.717, 1.165) is 24.9 Å². The van der Waals surface area contributed by atoms with Crippen molar-refractivity contribution in [1.29, 1.82) is 0 Å². The average molecular weight is 232 g/mol. The van der Waals surface area contributed by atoms with Gasteiger partial charge in [0.1, 0.15) is 0 Å². The van der Waals surface area contributed by atoms with E-state index in [9.17, 15) is 4.79 Å². The monoisotopic (exact) mass is 232 g/mol. The highest BCUT2D eigenvalue weighted by Gasteiger charge is 2.20. The summed E-state index contributed by atoms with van der Waals surface area (Å²) in [5.41, 5.74) is 3.97. The van der Waals surface area contributed by atoms with Crippen molar-refractivity contribution in [1.82, 2.24) is 9.55 Å². The highest BCUT2D eigenvalue weighted by atomic mass is 32.1. The van der Waals surface area contributed by atoms with E-state index in [0.29, 0.717) is 12.2 Å². The van der Waals surface area contributed by atoms with Crippen molar-refractivity contribution in [2.75, 3.05) is 0 Å². The van der Waals surface area contributed by atoms with Gasteiger partial charge in [0.2, 0.25) is 0 Å². The van der Waals surface area contributed by atoms with Crippen molar-refractivity contribution in [2.45, 2.75) is 25.8 Å². The Bertz CT molecular complexity index is 513. The third kappa shape index (κ3) is 1.59. The molecule has 0 bridgehead atoms. The van der Waals surface area contributed by atoms with Gasteiger partial charge >= 0.3 is 0 Å². The van der Waals surface area contributed by atoms with Gasteiger partial charge in [-0.15, -0.1) is 11.3 Å². The Morgan fingerprint density at radius 1 is 1.44 bits per heavy atom. The van der Waals surface area contributed by atoms with Gasteiger partial charge in [-0.25, -0.2) is 0 Å². The molecule has 0 aliphatic heterocycles. The van der Waals surface area contributed by atoms with Gasteiger partial charge in [0.25, 0.3) is 0 Å². The van der Waals surface area contributed by atoms with E-state index in [1.807, 2.05) is 24.0 Å². The predicted octanol–water partition coefficient (Wildman–Crippen LogP) is 2.51. The van der Waals surface area contributed by atoms with Crippen LogP contribution in [0.2, 0.25) is 0 Å². The highest BCUT2D eigenvalue weighted by Crippen LogP contribution is 2.23. The second-order valence-electron chi connectivity index (χ2n) is 4.05. The molecule has 3 nitrogen and oxygen atoms in total. The molecule has 0 saturated carbocycles. The second-order valence-corrected chi connectivity index (χ2v) is 5.02. The number of fused-ring (bicyclic) bond motifs is 1. The van der Waals surface area contributed by atoms with Crippen LogP contribution in [-0.2, 0) is 13.0 Å². The molecule has 3 rings (SSSR count). The molecule has 2 heterocycles. The van der Waals surface area contributed by atoms with E-state index in [-0.39, 0.29) is 0 Å². The van der Waals surface area contributed by atoms with Crippen molar-refractivity contribution in [3.8, 4) is 0 Å². The minimum absolute atomic E-state index is 0.296. The smallest absolute Gasteiger partial charge is 0.164 e. The molecule has 0 unspecified atom stereocenters. The van der Waals surface area contributed by atoms with Gasteiger partial charge in [0.15, 0.2) is 5.78 Å². The maximum absolute atomic E-state index is 11.7. The first-order valence-corrected chi connectivity index (χ1v) is 6.31. The molecule has 2 aromatic heterocycles. The molecule has 4 heteroatoms. The van der Waals surface area contributed by atoms with Crippen LogP contribution in [0.5, 0.6) is 0 Å². The lowest BCUT2D eigenvalue weighted by molar-refractivity contribution is 0.0972. The fraction of sp³-hybridized carbons (Fsp3) is 0.333. The van der Waals surface area contributed by atoms with Gasteiger partial charge < -0.3 is 4.57 Å². The summed E-state index contributed by atoms with van der Waals surface area (Å²) in [6.45, 7) is 0.841. The van der Waals surface area contributed by atoms with Gasteiger partial charge in [-0.1, -0.05) is 0 Å². The Morgan fingerprint density at radius 2 is 2.38 bits per heavy atom. The third-order valence-electron chi connectivity index (χ3n) is 3.01. The van der Waals surface area contributed by atoms with Crippen LogP contribution in [0.4, 0.5) is 0 Å². The molecule has 2 aromatic rings. The van der Waals surface area contributed by atoms with Gasteiger partial charge in [0, 0.05) is 34.9 Å². The van der Waals surface area contributed by atoms with E-state index in [1.54, 1.807) is 11.3 Å². The largest absolute Gasteiger partial charge is 0.345 e. The van der Waals surface area contributed by atoms with E-state index < -0.39 is 0 Å². The average Bonchev–Trinajstić information content (AvgIpc) is 2.90. The highest BCUT2D eigenvalue weighted by molar-refractivity contribution is 7.09. The van der Waals surface area contributed by atoms with Gasteiger partial charge in [0.05, 0.1) is 12.1 Å². The second kappa shape index (κ2) is 3.87. The van der Waals surface area contributed by atoms with Crippen LogP contribution in [0, 0.1) is 0 Å². The molecule has 0 radical (unpaired) electrons. The number of rotatable bonds is 2. The van der Waals surface area contributed by atoms with Gasteiger partial charge in [-0.3, -0.25) is 9.78 Å². The summed E-state index contributed by atoms with van der Waals surface area (Å²) in [5, 5.41) is 0. The van der Waals surface area contributed by atoms with Crippen molar-refractivity contribution in [2.24, 2.45) is 0 Å². The third-order valence-corrected chi connectivity index (χ3v) is 3.77. The number of ketones is 1. The topological polar surface area (TPSA) is 34.9 Å². The molecular weight excluding hydrogens is 220 g/mol. The van der Waals surface area contributed by atoms with Crippen molar-refractivity contribution >= 4 is 17.1 Å². The zero-order chi connectivity index (χ0) is 11.0. The minimum Gasteiger partial charge on any atom is -0.345 e. The Morgan fingerprint density at radius 3 is 3.19 bits per heavy atom. The van der Waals surface area contributed by atoms with Crippen molar-refractivity contribution < 1.29 is 4.79 Å². The molecule has 0 spiro atoms. The molecule has 0 saturated heterocycles. The molecule has 0 fully saturated rings. The number of aromatic nitrogens is 2. The fourth-order valence-corrected chi connectivity index (χ4v) is 2.82. The van der Waals surface area contributed by atoms with Crippen LogP contribution in [0.1, 0.15) is 33.8 Å². The molecule has 1 aliphatic carbocycles. The quantitative estimate of drug-likeness (QED) is 0.797. The maximum Gasteiger partial charge on any atom is 0.164 e. The number of carbonyl (C=O) groups is 1. The first-order chi connectivity index (χ1) is 7.84. The predicted molar refractivity (Wildman–Crippen MR) is 62.9 cm³/mol. The number of nitrogens with zero attached hydrogens (tertiary/aromatic N) is 2. The van der Waals surface area contributed by atoms with Gasteiger partial charge in [-0.2, -0.15) is 0 Å². The van der Waals surface area contributed by atoms with E-state index in [2.05, 4.69) is 9.55 Å². The zero-order valence-corrected chi connectivity index (χ0v) is 9.67. The lowest BCUT2D eigenvalue weighted by Crippen LogP contribution is -2.13. The van der Waals surface area contributed by atoms with Crippen LogP contribution in [0.15, 0.2) is 24.0 Å². The van der Waals surface area contributed by atoms with Crippen LogP contribution in [0.25, 0.3) is 0 Å². The lowest BCUT2D eigenvalue weighted by atomic mass is 9.97. The summed E-state index contributed by atoms with van der Waals surface area (Å²) in [4.78, 5) is 17.0. The normalized spacial score (nSPS) is 15.1. The summed E-state index contributed by atoms with van der Waals surface area (Å²) in [7, 11) is 0. The molecule has 0 atom stereocenters. The Kier molecular flexibility index (Phi) is 2.36. The van der Waals surface area contributed by atoms with Crippen LogP contribution in [-0.4, -0.2) is 15.3 Å². The van der Waals surface area contributed by atoms with Crippen LogP contribution < -0.4 is 0 Å². The number of hydrogen-bond donors (Lipinski definition) is 0. The molecule has 0 N–H and O–H groups in total. The number of Topliss-reactive ketones (excluding diaryl/α,β-unsaturated/α-hetero) is 1. The van der Waals surface area contributed by atoms with Crippen molar-refractivity contribution in [3.63, 3.8) is 0 Å². The number of thiazole rings is 1. The number of carbonyl (C=O) groups excluding carboxylic acids is 1. The molecular formula is C12H12N2OS. The minimum atomic E-state index is 0.296. The first kappa shape index (κ1) is 9.78. The van der Waals surface area contributed by atoms with E-state index >= 15 is 0 Å². The molecule has 0 amide bonds. The molecule has 1 aliphatic rings. The summed E-state index contributed by atoms with van der Waals surface area (Å²) in [6.07, 6.45) is 6.62. The fourth-order valence-electron chi connectivity index (χ4n) is 2.22. The molecule has 16 heavy (non-hydrogen) atoms. The summed E-state index contributed by atoms with van der Waals surface area (Å²) < 4.78 is 2.18. The zero-order valence-electron chi connectivity index (χ0n) is 8.85. The van der Waals surface area contributed by atoms with E-state index in [4.69, 9.17) is 0 Å². The summed E-state index contributed by atoms with van der Waals surface area (Å²) in [5.74, 6) is 0.296. The standard InChI is InChI=1S/C12H12N2OS/c15-12-3-1-2-11-10(12)4-5-14(11)7-9-6-13-8-16-9/h4-6,8H,1-3,7H2. The Hall–Kier alpha value is -1.42. The van der Waals surface area contributed by atoms with Crippen LogP contribution in [0.3, 0.4) is 0 Å². The Balaban J connectivity index is 1.94.